The van der Waals surface area contributed by atoms with Gasteiger partial charge in [0.25, 0.3) is 5.95 Å². The number of nitrogens with zero attached hydrogens (tertiary/aromatic N) is 8. The van der Waals surface area contributed by atoms with Crippen LogP contribution in [0.25, 0.3) is 16.9 Å². The molecule has 1 atom stereocenters. The second-order valence-corrected chi connectivity index (χ2v) is 7.66. The van der Waals surface area contributed by atoms with Crippen LogP contribution in [0, 0.1) is 3.57 Å². The molecular weight excluding hydrogens is 512 g/mol. The Kier molecular flexibility index (Phi) is 5.26. The molecule has 0 N–H and O–H groups in total. The summed E-state index contributed by atoms with van der Waals surface area (Å²) in [6.45, 7) is 1.84. The zero-order valence-corrected chi connectivity index (χ0v) is 17.9. The van der Waals surface area contributed by atoms with Crippen molar-refractivity contribution in [1.82, 2.24) is 34.7 Å². The number of benzene rings is 1. The van der Waals surface area contributed by atoms with E-state index >= 15 is 0 Å². The summed E-state index contributed by atoms with van der Waals surface area (Å²) < 4.78 is 42.5. The summed E-state index contributed by atoms with van der Waals surface area (Å²) in [6, 6.07) is 3.99. The molecule has 0 amide bonds. The highest BCUT2D eigenvalue weighted by Gasteiger charge is 2.34. The maximum atomic E-state index is 13.5. The van der Waals surface area contributed by atoms with E-state index in [1.807, 2.05) is 29.5 Å². The lowest BCUT2D eigenvalue weighted by molar-refractivity contribution is -0.136. The lowest BCUT2D eigenvalue weighted by atomic mass is 10.1. The van der Waals surface area contributed by atoms with Gasteiger partial charge in [0.15, 0.2) is 5.82 Å². The van der Waals surface area contributed by atoms with Crippen LogP contribution in [0.1, 0.15) is 24.4 Å². The average molecular weight is 526 g/mol. The second kappa shape index (κ2) is 7.74. The highest BCUT2D eigenvalue weighted by atomic mass is 127. The summed E-state index contributed by atoms with van der Waals surface area (Å²) in [5, 5.41) is 4.48. The number of aromatic nitrogens is 7. The summed E-state index contributed by atoms with van der Waals surface area (Å²) >= 11 is 1.86. The number of anilines is 1. The molecule has 154 valence electrons. The highest BCUT2D eigenvalue weighted by molar-refractivity contribution is 14.1. The molecular formula is C18H14F3IN8. The molecule has 0 bridgehead atoms. The summed E-state index contributed by atoms with van der Waals surface area (Å²) in [6.07, 6.45) is 1.15. The fourth-order valence-corrected chi connectivity index (χ4v) is 3.69. The monoisotopic (exact) mass is 526 g/mol. The number of halogens is 4. The lowest BCUT2D eigenvalue weighted by Crippen LogP contribution is -2.26. The van der Waals surface area contributed by atoms with E-state index in [0.29, 0.717) is 26.5 Å². The summed E-state index contributed by atoms with van der Waals surface area (Å²) in [7, 11) is 1.73. The minimum Gasteiger partial charge on any atom is -0.349 e. The van der Waals surface area contributed by atoms with Crippen molar-refractivity contribution in [3.05, 3.63) is 58.2 Å². The lowest BCUT2D eigenvalue weighted by Gasteiger charge is -2.26. The van der Waals surface area contributed by atoms with Crippen molar-refractivity contribution in [2.24, 2.45) is 0 Å². The molecule has 0 saturated carbocycles. The Balaban J connectivity index is 1.81. The van der Waals surface area contributed by atoms with Crippen LogP contribution in [0.4, 0.5) is 19.0 Å². The minimum absolute atomic E-state index is 0.153. The number of rotatable bonds is 4. The molecule has 0 aliphatic rings. The molecule has 0 spiro atoms. The highest BCUT2D eigenvalue weighted by Crippen LogP contribution is 2.38. The zero-order valence-electron chi connectivity index (χ0n) is 15.7. The van der Waals surface area contributed by atoms with Gasteiger partial charge < -0.3 is 4.90 Å². The van der Waals surface area contributed by atoms with Gasteiger partial charge in [-0.25, -0.2) is 24.9 Å². The van der Waals surface area contributed by atoms with Crippen molar-refractivity contribution < 1.29 is 13.2 Å². The summed E-state index contributed by atoms with van der Waals surface area (Å²) in [5.74, 6) is 1.20. The van der Waals surface area contributed by atoms with Gasteiger partial charge in [0.05, 0.1) is 17.1 Å². The molecule has 0 unspecified atom stereocenters. The molecule has 3 heterocycles. The van der Waals surface area contributed by atoms with Crippen molar-refractivity contribution in [3.8, 4) is 5.95 Å². The van der Waals surface area contributed by atoms with Crippen LogP contribution >= 0.6 is 22.6 Å². The number of hydrogen-bond acceptors (Lipinski definition) is 7. The van der Waals surface area contributed by atoms with Crippen LogP contribution in [-0.2, 0) is 6.18 Å². The molecule has 0 saturated heterocycles. The van der Waals surface area contributed by atoms with Gasteiger partial charge in [0.2, 0.25) is 0 Å². The van der Waals surface area contributed by atoms with Gasteiger partial charge in [0, 0.05) is 28.4 Å². The second-order valence-electron chi connectivity index (χ2n) is 6.41. The standard InChI is InChI=1S/C18H14F3IN8/c1-10(15-27-9-28-30(15)17-23-4-3-5-24-17)29(2)16-12-6-11(22)7-13(18(19,20)21)14(12)25-8-26-16/h3-10H,1-2H3/t10-/m0/s1. The Morgan fingerprint density at radius 2 is 1.77 bits per heavy atom. The molecule has 12 heteroatoms. The zero-order chi connectivity index (χ0) is 21.5. The van der Waals surface area contributed by atoms with Gasteiger partial charge in [-0.05, 0) is 47.7 Å². The molecule has 8 nitrogen and oxygen atoms in total. The first kappa shape index (κ1) is 20.4. The van der Waals surface area contributed by atoms with E-state index in [2.05, 4.69) is 30.0 Å². The Morgan fingerprint density at radius 3 is 2.47 bits per heavy atom. The van der Waals surface area contributed by atoms with Crippen LogP contribution < -0.4 is 4.90 Å². The summed E-state index contributed by atoms with van der Waals surface area (Å²) in [5.41, 5.74) is -0.949. The maximum Gasteiger partial charge on any atom is 0.418 e. The fourth-order valence-electron chi connectivity index (χ4n) is 3.06. The third-order valence-electron chi connectivity index (χ3n) is 4.59. The molecule has 0 aliphatic carbocycles. The molecule has 30 heavy (non-hydrogen) atoms. The predicted octanol–water partition coefficient (Wildman–Crippen LogP) is 3.82. The third-order valence-corrected chi connectivity index (χ3v) is 5.22. The van der Waals surface area contributed by atoms with Crippen molar-refractivity contribution in [1.29, 1.82) is 0 Å². The molecule has 0 fully saturated rings. The van der Waals surface area contributed by atoms with E-state index in [-0.39, 0.29) is 5.52 Å². The Hall–Kier alpha value is -2.90. The van der Waals surface area contributed by atoms with Crippen molar-refractivity contribution >= 4 is 39.3 Å². The first-order chi connectivity index (χ1) is 14.3. The van der Waals surface area contributed by atoms with Crippen molar-refractivity contribution in [2.75, 3.05) is 11.9 Å². The quantitative estimate of drug-likeness (QED) is 0.374. The maximum absolute atomic E-state index is 13.5. The molecule has 0 aliphatic heterocycles. The van der Waals surface area contributed by atoms with Crippen LogP contribution in [0.2, 0.25) is 0 Å². The Labute approximate surface area is 182 Å². The summed E-state index contributed by atoms with van der Waals surface area (Å²) in [4.78, 5) is 22.5. The smallest absolute Gasteiger partial charge is 0.349 e. The Morgan fingerprint density at radius 1 is 1.03 bits per heavy atom. The van der Waals surface area contributed by atoms with Crippen LogP contribution in [0.15, 0.2) is 43.2 Å². The van der Waals surface area contributed by atoms with Crippen molar-refractivity contribution in [2.45, 2.75) is 19.1 Å². The average Bonchev–Trinajstić information content (AvgIpc) is 3.21. The normalized spacial score (nSPS) is 12.9. The van der Waals surface area contributed by atoms with Crippen LogP contribution in [0.5, 0.6) is 0 Å². The van der Waals surface area contributed by atoms with E-state index in [4.69, 9.17) is 0 Å². The minimum atomic E-state index is -4.53. The fraction of sp³-hybridized carbons (Fsp3) is 0.222. The molecule has 3 aromatic heterocycles. The SMILES string of the molecule is C[C@@H](c1ncnn1-c1ncccn1)N(C)c1ncnc2c(C(F)(F)F)cc(I)cc12. The van der Waals surface area contributed by atoms with Gasteiger partial charge in [-0.3, -0.25) is 0 Å². The van der Waals surface area contributed by atoms with Gasteiger partial charge in [0.1, 0.15) is 18.5 Å². The predicted molar refractivity (Wildman–Crippen MR) is 111 cm³/mol. The van der Waals surface area contributed by atoms with E-state index < -0.39 is 17.8 Å². The van der Waals surface area contributed by atoms with Gasteiger partial charge in [-0.15, -0.1) is 0 Å². The van der Waals surface area contributed by atoms with Crippen molar-refractivity contribution in [3.63, 3.8) is 0 Å². The molecule has 0 radical (unpaired) electrons. The number of fused-ring (bicyclic) bond motifs is 1. The Bertz CT molecular complexity index is 1200. The van der Waals surface area contributed by atoms with E-state index in [0.717, 1.165) is 12.4 Å². The molecule has 4 rings (SSSR count). The van der Waals surface area contributed by atoms with Gasteiger partial charge >= 0.3 is 6.18 Å². The first-order valence-corrected chi connectivity index (χ1v) is 9.77. The van der Waals surface area contributed by atoms with Crippen LogP contribution in [-0.4, -0.2) is 41.7 Å². The molecule has 1 aromatic carbocycles. The third kappa shape index (κ3) is 3.66. The van der Waals surface area contributed by atoms with E-state index in [1.165, 1.54) is 11.0 Å². The van der Waals surface area contributed by atoms with E-state index in [9.17, 15) is 13.2 Å². The number of alkyl halides is 3. The topological polar surface area (TPSA) is 85.5 Å². The van der Waals surface area contributed by atoms with Gasteiger partial charge in [-0.2, -0.15) is 23.0 Å². The van der Waals surface area contributed by atoms with Crippen LogP contribution in [0.3, 0.4) is 0 Å². The van der Waals surface area contributed by atoms with Gasteiger partial charge in [-0.1, -0.05) is 0 Å². The molecule has 4 aromatic rings. The largest absolute Gasteiger partial charge is 0.418 e. The first-order valence-electron chi connectivity index (χ1n) is 8.69. The van der Waals surface area contributed by atoms with E-state index in [1.54, 1.807) is 36.5 Å². The number of hydrogen-bond donors (Lipinski definition) is 0.